The molecule has 1 saturated heterocycles. The molecule has 0 amide bonds. The van der Waals surface area contributed by atoms with E-state index < -0.39 is 0 Å². The molecular formula is C20H20N4O2. The van der Waals surface area contributed by atoms with Gasteiger partial charge in [0, 0.05) is 31.4 Å². The Balaban J connectivity index is 1.28. The number of ether oxygens (including phenoxy) is 1. The summed E-state index contributed by atoms with van der Waals surface area (Å²) < 4.78 is 5.24. The zero-order valence-corrected chi connectivity index (χ0v) is 14.4. The zero-order valence-electron chi connectivity index (χ0n) is 14.4. The second-order valence-electron chi connectivity index (χ2n) is 6.91. The molecule has 0 spiro atoms. The van der Waals surface area contributed by atoms with Crippen LogP contribution in [0.4, 0.5) is 5.82 Å². The number of esters is 1. The quantitative estimate of drug-likeness (QED) is 0.660. The molecule has 1 aromatic heterocycles. The summed E-state index contributed by atoms with van der Waals surface area (Å²) in [5, 5.41) is 12.2. The second kappa shape index (κ2) is 7.14. The molecule has 1 fully saturated rings. The fraction of sp³-hybridized carbons (Fsp3) is 0.350. The molecule has 0 aliphatic carbocycles. The summed E-state index contributed by atoms with van der Waals surface area (Å²) >= 11 is 0. The van der Waals surface area contributed by atoms with Gasteiger partial charge in [-0.1, -0.05) is 12.1 Å². The van der Waals surface area contributed by atoms with Gasteiger partial charge in [0.15, 0.2) is 0 Å². The van der Waals surface area contributed by atoms with Gasteiger partial charge in [-0.3, -0.25) is 9.69 Å². The number of hydrogen-bond donors (Lipinski definition) is 1. The summed E-state index contributed by atoms with van der Waals surface area (Å²) in [6.07, 6.45) is 3.11. The lowest BCUT2D eigenvalue weighted by Crippen LogP contribution is -2.22. The number of anilines is 1. The fourth-order valence-electron chi connectivity index (χ4n) is 3.55. The first-order valence-corrected chi connectivity index (χ1v) is 8.84. The number of likely N-dealkylation sites (tertiary alicyclic amines) is 1. The number of carbonyl (C=O) groups is 1. The van der Waals surface area contributed by atoms with Crippen molar-refractivity contribution in [1.82, 2.24) is 9.88 Å². The first-order valence-electron chi connectivity index (χ1n) is 8.84. The summed E-state index contributed by atoms with van der Waals surface area (Å²) in [5.41, 5.74) is 2.74. The maximum atomic E-state index is 11.4. The molecule has 1 aromatic carbocycles. The van der Waals surface area contributed by atoms with Gasteiger partial charge < -0.3 is 10.1 Å². The van der Waals surface area contributed by atoms with Crippen LogP contribution in [0.2, 0.25) is 0 Å². The first-order chi connectivity index (χ1) is 12.7. The van der Waals surface area contributed by atoms with Crippen molar-refractivity contribution >= 4 is 11.8 Å². The minimum Gasteiger partial charge on any atom is -0.426 e. The lowest BCUT2D eigenvalue weighted by atomic mass is 10.1. The Kier molecular flexibility index (Phi) is 4.55. The molecule has 6 heteroatoms. The van der Waals surface area contributed by atoms with Gasteiger partial charge in [-0.2, -0.15) is 5.26 Å². The molecule has 0 unspecified atom stereocenters. The minimum absolute atomic E-state index is 0.166. The van der Waals surface area contributed by atoms with Gasteiger partial charge in [-0.15, -0.1) is 0 Å². The van der Waals surface area contributed by atoms with Crippen molar-refractivity contribution in [3.8, 4) is 11.8 Å². The van der Waals surface area contributed by atoms with Crippen molar-refractivity contribution in [2.75, 3.05) is 25.0 Å². The molecule has 132 valence electrons. The molecule has 0 saturated carbocycles. The molecule has 2 aliphatic rings. The van der Waals surface area contributed by atoms with Crippen LogP contribution in [0, 0.1) is 17.2 Å². The van der Waals surface area contributed by atoms with Gasteiger partial charge >= 0.3 is 5.97 Å². The SMILES string of the molecule is N#Cc1ccc(NC[C@H]2CCN(Cc3ccc4c(c3)OC(=O)C4)C2)nc1. The van der Waals surface area contributed by atoms with Crippen LogP contribution in [-0.2, 0) is 17.8 Å². The maximum absolute atomic E-state index is 11.4. The van der Waals surface area contributed by atoms with Crippen molar-refractivity contribution in [3.05, 3.63) is 53.2 Å². The number of pyridine rings is 1. The Bertz CT molecular complexity index is 857. The Hall–Kier alpha value is -2.91. The number of nitrogens with zero attached hydrogens (tertiary/aromatic N) is 3. The second-order valence-corrected chi connectivity index (χ2v) is 6.91. The molecule has 0 radical (unpaired) electrons. The molecule has 2 aliphatic heterocycles. The van der Waals surface area contributed by atoms with Gasteiger partial charge in [0.2, 0.25) is 0 Å². The highest BCUT2D eigenvalue weighted by Crippen LogP contribution is 2.28. The summed E-state index contributed by atoms with van der Waals surface area (Å²) in [6, 6.07) is 11.8. The Morgan fingerprint density at radius 1 is 1.35 bits per heavy atom. The predicted molar refractivity (Wildman–Crippen MR) is 96.6 cm³/mol. The lowest BCUT2D eigenvalue weighted by Gasteiger charge is -2.17. The van der Waals surface area contributed by atoms with Gasteiger partial charge in [0.05, 0.1) is 12.0 Å². The Morgan fingerprint density at radius 3 is 3.08 bits per heavy atom. The lowest BCUT2D eigenvalue weighted by molar-refractivity contribution is -0.131. The van der Waals surface area contributed by atoms with Gasteiger partial charge in [0.25, 0.3) is 0 Å². The van der Waals surface area contributed by atoms with Crippen molar-refractivity contribution < 1.29 is 9.53 Å². The molecule has 4 rings (SSSR count). The molecule has 0 bridgehead atoms. The van der Waals surface area contributed by atoms with Crippen LogP contribution in [0.15, 0.2) is 36.5 Å². The van der Waals surface area contributed by atoms with Crippen LogP contribution in [0.1, 0.15) is 23.1 Å². The molecular weight excluding hydrogens is 328 g/mol. The normalized spacial score (nSPS) is 19.0. The van der Waals surface area contributed by atoms with Gasteiger partial charge in [-0.05, 0) is 42.6 Å². The Labute approximate surface area is 152 Å². The fourth-order valence-corrected chi connectivity index (χ4v) is 3.55. The third-order valence-electron chi connectivity index (χ3n) is 4.93. The topological polar surface area (TPSA) is 78.3 Å². The molecule has 1 atom stereocenters. The summed E-state index contributed by atoms with van der Waals surface area (Å²) in [4.78, 5) is 18.0. The average molecular weight is 348 g/mol. The van der Waals surface area contributed by atoms with E-state index in [1.54, 1.807) is 12.3 Å². The zero-order chi connectivity index (χ0) is 17.9. The standard InChI is InChI=1S/C20H20N4O2/c21-9-15-2-4-19(22-10-15)23-11-16-5-6-24(13-16)12-14-1-3-17-8-20(25)26-18(17)7-14/h1-4,7,10,16H,5-6,8,11-13H2,(H,22,23)/t16-/m1/s1. The van der Waals surface area contributed by atoms with Crippen molar-refractivity contribution in [3.63, 3.8) is 0 Å². The van der Waals surface area contributed by atoms with Crippen molar-refractivity contribution in [1.29, 1.82) is 5.26 Å². The number of benzene rings is 1. The number of rotatable bonds is 5. The van der Waals surface area contributed by atoms with E-state index in [4.69, 9.17) is 10.00 Å². The van der Waals surface area contributed by atoms with E-state index in [1.165, 1.54) is 5.56 Å². The van der Waals surface area contributed by atoms with Crippen LogP contribution in [-0.4, -0.2) is 35.5 Å². The van der Waals surface area contributed by atoms with Crippen molar-refractivity contribution in [2.45, 2.75) is 19.4 Å². The summed E-state index contributed by atoms with van der Waals surface area (Å²) in [7, 11) is 0. The van der Waals surface area contributed by atoms with E-state index in [1.807, 2.05) is 18.2 Å². The molecule has 26 heavy (non-hydrogen) atoms. The van der Waals surface area contributed by atoms with Crippen LogP contribution in [0.25, 0.3) is 0 Å². The number of aromatic nitrogens is 1. The number of nitrogens with one attached hydrogen (secondary N) is 1. The molecule has 2 aromatic rings. The number of carbonyl (C=O) groups excluding carboxylic acids is 1. The van der Waals surface area contributed by atoms with E-state index in [-0.39, 0.29) is 5.97 Å². The highest BCUT2D eigenvalue weighted by Gasteiger charge is 2.24. The number of hydrogen-bond acceptors (Lipinski definition) is 6. The van der Waals surface area contributed by atoms with E-state index >= 15 is 0 Å². The van der Waals surface area contributed by atoms with Gasteiger partial charge in [-0.25, -0.2) is 4.98 Å². The van der Waals surface area contributed by atoms with Crippen LogP contribution < -0.4 is 10.1 Å². The minimum atomic E-state index is -0.166. The maximum Gasteiger partial charge on any atom is 0.315 e. The van der Waals surface area contributed by atoms with Gasteiger partial charge in [0.1, 0.15) is 17.6 Å². The monoisotopic (exact) mass is 348 g/mol. The average Bonchev–Trinajstić information content (AvgIpc) is 3.25. The molecule has 3 heterocycles. The van der Waals surface area contributed by atoms with E-state index in [9.17, 15) is 4.79 Å². The summed E-state index contributed by atoms with van der Waals surface area (Å²) in [5.74, 6) is 1.93. The van der Waals surface area contributed by atoms with Crippen LogP contribution in [0.5, 0.6) is 5.75 Å². The summed E-state index contributed by atoms with van der Waals surface area (Å²) in [6.45, 7) is 3.83. The third kappa shape index (κ3) is 3.68. The van der Waals surface area contributed by atoms with Crippen LogP contribution in [0.3, 0.4) is 0 Å². The molecule has 6 nitrogen and oxygen atoms in total. The largest absolute Gasteiger partial charge is 0.426 e. The highest BCUT2D eigenvalue weighted by molar-refractivity contribution is 5.81. The van der Waals surface area contributed by atoms with E-state index in [0.29, 0.717) is 17.9 Å². The molecule has 1 N–H and O–H groups in total. The van der Waals surface area contributed by atoms with Crippen molar-refractivity contribution in [2.24, 2.45) is 5.92 Å². The predicted octanol–water partition coefficient (Wildman–Crippen LogP) is 2.35. The van der Waals surface area contributed by atoms with E-state index in [2.05, 4.69) is 27.3 Å². The Morgan fingerprint density at radius 2 is 2.27 bits per heavy atom. The third-order valence-corrected chi connectivity index (χ3v) is 4.93. The van der Waals surface area contributed by atoms with E-state index in [0.717, 1.165) is 49.7 Å². The number of nitriles is 1. The first kappa shape index (κ1) is 16.6. The number of fused-ring (bicyclic) bond motifs is 1. The smallest absolute Gasteiger partial charge is 0.315 e. The highest BCUT2D eigenvalue weighted by atomic mass is 16.5. The van der Waals surface area contributed by atoms with Crippen LogP contribution >= 0.6 is 0 Å².